The van der Waals surface area contributed by atoms with Gasteiger partial charge in [0.1, 0.15) is 29.7 Å². The van der Waals surface area contributed by atoms with Crippen molar-refractivity contribution in [3.05, 3.63) is 106 Å². The molecule has 6 rings (SSSR count). The number of carbonyl (C=O) groups is 5. The van der Waals surface area contributed by atoms with E-state index < -0.39 is 41.3 Å². The van der Waals surface area contributed by atoms with Gasteiger partial charge in [0.25, 0.3) is 0 Å². The molecule has 1 unspecified atom stereocenters. The minimum Gasteiger partial charge on any atom is -0.507 e. The Labute approximate surface area is 343 Å². The number of phenols is 2. The molecule has 310 valence electrons. The summed E-state index contributed by atoms with van der Waals surface area (Å²) in [6, 6.07) is 20.9. The van der Waals surface area contributed by atoms with Crippen molar-refractivity contribution in [2.75, 3.05) is 43.4 Å². The largest absolute Gasteiger partial charge is 0.507 e. The fraction of sp³-hybridized carbons (Fsp3) is 0.356. The number of carbonyl (C=O) groups excluding carboxylic acids is 5. The second kappa shape index (κ2) is 18.3. The number of rotatable bonds is 16. The number of unbranched alkanes of at least 4 members (excludes halogenated alkanes) is 1. The molecule has 0 aromatic heterocycles. The van der Waals surface area contributed by atoms with Crippen molar-refractivity contribution in [2.24, 2.45) is 0 Å². The summed E-state index contributed by atoms with van der Waals surface area (Å²) in [7, 11) is 0. The molecular weight excluding hydrogens is 755 g/mol. The van der Waals surface area contributed by atoms with Crippen LogP contribution < -0.4 is 26.6 Å². The summed E-state index contributed by atoms with van der Waals surface area (Å²) in [6.45, 7) is 8.25. The topological polar surface area (TPSA) is 204 Å². The fourth-order valence-corrected chi connectivity index (χ4v) is 7.46. The van der Waals surface area contributed by atoms with Gasteiger partial charge in [0.05, 0.1) is 22.3 Å². The number of ketones is 2. The molecule has 0 spiro atoms. The van der Waals surface area contributed by atoms with Crippen LogP contribution in [0.3, 0.4) is 0 Å². The highest BCUT2D eigenvalue weighted by Gasteiger charge is 2.38. The molecule has 14 nitrogen and oxygen atoms in total. The van der Waals surface area contributed by atoms with E-state index >= 15 is 0 Å². The van der Waals surface area contributed by atoms with E-state index in [1.54, 1.807) is 20.8 Å². The molecule has 14 heteroatoms. The lowest BCUT2D eigenvalue weighted by molar-refractivity contribution is -0.123. The number of nitrogens with one attached hydrogen (secondary N) is 5. The molecule has 4 aromatic rings. The van der Waals surface area contributed by atoms with E-state index in [9.17, 15) is 34.2 Å². The second-order valence-electron chi connectivity index (χ2n) is 15.5. The zero-order chi connectivity index (χ0) is 42.3. The van der Waals surface area contributed by atoms with Crippen LogP contribution in [0, 0.1) is 0 Å². The lowest BCUT2D eigenvalue weighted by atomic mass is 9.81. The summed E-state index contributed by atoms with van der Waals surface area (Å²) in [5, 5.41) is 35.8. The van der Waals surface area contributed by atoms with Crippen LogP contribution in [0.4, 0.5) is 21.0 Å². The van der Waals surface area contributed by atoms with Crippen molar-refractivity contribution < 1.29 is 43.7 Å². The van der Waals surface area contributed by atoms with Crippen molar-refractivity contribution in [1.82, 2.24) is 16.0 Å². The Bertz CT molecular complexity index is 2200. The number of anilines is 2. The van der Waals surface area contributed by atoms with Crippen LogP contribution in [0.15, 0.2) is 72.8 Å². The SMILES string of the molecule is CCCNc1ccc(O)c2c1C(=O)c1c(O)ccc(NCCNC(=O)C(CCCCNC(=O)OCC3c4ccccc4-c4ccccc43)NC(=O)OC(C)(C)C)c1C2=O. The van der Waals surface area contributed by atoms with E-state index in [2.05, 4.69) is 50.8 Å². The maximum atomic E-state index is 13.8. The molecule has 1 atom stereocenters. The molecule has 0 saturated carbocycles. The molecule has 3 amide bonds. The number of phenolic OH excluding ortho intramolecular Hbond substituents is 2. The predicted molar refractivity (Wildman–Crippen MR) is 223 cm³/mol. The van der Waals surface area contributed by atoms with E-state index in [4.69, 9.17) is 9.47 Å². The molecule has 4 aromatic carbocycles. The Morgan fingerprint density at radius 1 is 0.678 bits per heavy atom. The van der Waals surface area contributed by atoms with Crippen LogP contribution in [-0.4, -0.2) is 84.3 Å². The Morgan fingerprint density at radius 3 is 1.80 bits per heavy atom. The molecule has 2 aliphatic rings. The number of ether oxygens (including phenoxy) is 2. The summed E-state index contributed by atoms with van der Waals surface area (Å²) >= 11 is 0. The Hall–Kier alpha value is -6.57. The predicted octanol–water partition coefficient (Wildman–Crippen LogP) is 6.83. The molecule has 2 aliphatic carbocycles. The van der Waals surface area contributed by atoms with Crippen molar-refractivity contribution in [2.45, 2.75) is 70.9 Å². The number of benzene rings is 4. The standard InChI is InChI=1S/C45H51N5O9/c1-5-21-46-31-17-19-34(51)38-36(31)40(53)39-35(52)20-18-32(37(39)41(38)54)47-23-24-48-42(55)33(50-44(57)59-45(2,3)4)16-10-11-22-49-43(56)58-25-30-28-14-8-6-12-26(28)27-13-7-9-15-29(27)30/h6-9,12-15,17-20,30,33,46-47,51-52H,5,10-11,16,21-25H2,1-4H3,(H,48,55)(H,49,56)(H,50,57). The minimum atomic E-state index is -0.963. The molecule has 0 aliphatic heterocycles. The first kappa shape index (κ1) is 42.0. The zero-order valence-electron chi connectivity index (χ0n) is 33.7. The van der Waals surface area contributed by atoms with Crippen molar-refractivity contribution in [1.29, 1.82) is 0 Å². The Balaban J connectivity index is 1.01. The first-order valence-corrected chi connectivity index (χ1v) is 19.9. The number of hydrogen-bond acceptors (Lipinski definition) is 11. The Morgan fingerprint density at radius 2 is 1.24 bits per heavy atom. The maximum absolute atomic E-state index is 13.8. The van der Waals surface area contributed by atoms with Crippen molar-refractivity contribution in [3.63, 3.8) is 0 Å². The van der Waals surface area contributed by atoms with Gasteiger partial charge in [-0.2, -0.15) is 0 Å². The third kappa shape index (κ3) is 9.60. The molecule has 0 radical (unpaired) electrons. The van der Waals surface area contributed by atoms with Gasteiger partial charge < -0.3 is 46.3 Å². The van der Waals surface area contributed by atoms with Crippen LogP contribution in [0.1, 0.15) is 102 Å². The van der Waals surface area contributed by atoms with Gasteiger partial charge in [-0.15, -0.1) is 0 Å². The maximum Gasteiger partial charge on any atom is 0.408 e. The first-order chi connectivity index (χ1) is 28.3. The molecule has 0 bridgehead atoms. The van der Waals surface area contributed by atoms with Gasteiger partial charge in [0.15, 0.2) is 0 Å². The van der Waals surface area contributed by atoms with Gasteiger partial charge in [0, 0.05) is 43.5 Å². The third-order valence-electron chi connectivity index (χ3n) is 10.1. The van der Waals surface area contributed by atoms with Gasteiger partial charge in [-0.05, 0) is 93.0 Å². The molecule has 7 N–H and O–H groups in total. The highest BCUT2D eigenvalue weighted by molar-refractivity contribution is 6.33. The van der Waals surface area contributed by atoms with Gasteiger partial charge in [-0.3, -0.25) is 14.4 Å². The van der Waals surface area contributed by atoms with Gasteiger partial charge in [-0.1, -0.05) is 55.5 Å². The highest BCUT2D eigenvalue weighted by atomic mass is 16.6. The number of hydrogen-bond donors (Lipinski definition) is 7. The quantitative estimate of drug-likeness (QED) is 0.0407. The molecular formula is C45H51N5O9. The highest BCUT2D eigenvalue weighted by Crippen LogP contribution is 2.45. The Kier molecular flexibility index (Phi) is 13.1. The summed E-state index contributed by atoms with van der Waals surface area (Å²) in [4.78, 5) is 66.3. The van der Waals surface area contributed by atoms with Crippen molar-refractivity contribution >= 4 is 41.0 Å². The minimum absolute atomic E-state index is 0.00722. The summed E-state index contributed by atoms with van der Waals surface area (Å²) in [5.41, 5.74) is 3.89. The molecule has 59 heavy (non-hydrogen) atoms. The normalized spacial score (nSPS) is 13.3. The number of aromatic hydroxyl groups is 2. The van der Waals surface area contributed by atoms with Crippen LogP contribution in [0.25, 0.3) is 11.1 Å². The van der Waals surface area contributed by atoms with Gasteiger partial charge in [0.2, 0.25) is 17.5 Å². The van der Waals surface area contributed by atoms with Crippen LogP contribution in [0.2, 0.25) is 0 Å². The molecule has 0 saturated heterocycles. The third-order valence-corrected chi connectivity index (χ3v) is 10.1. The van der Waals surface area contributed by atoms with E-state index in [0.717, 1.165) is 28.7 Å². The van der Waals surface area contributed by atoms with Crippen LogP contribution in [0.5, 0.6) is 11.5 Å². The molecule has 0 heterocycles. The number of amides is 3. The lowest BCUT2D eigenvalue weighted by Gasteiger charge is -2.25. The van der Waals surface area contributed by atoms with E-state index in [0.29, 0.717) is 31.6 Å². The fourth-order valence-electron chi connectivity index (χ4n) is 7.46. The van der Waals surface area contributed by atoms with Crippen molar-refractivity contribution in [3.8, 4) is 22.6 Å². The average molecular weight is 806 g/mol. The smallest absolute Gasteiger partial charge is 0.408 e. The second-order valence-corrected chi connectivity index (χ2v) is 15.5. The number of fused-ring (bicyclic) bond motifs is 5. The first-order valence-electron chi connectivity index (χ1n) is 19.9. The summed E-state index contributed by atoms with van der Waals surface area (Å²) in [5.74, 6) is -2.52. The van der Waals surface area contributed by atoms with Crippen LogP contribution >= 0.6 is 0 Å². The summed E-state index contributed by atoms with van der Waals surface area (Å²) < 4.78 is 11.0. The van der Waals surface area contributed by atoms with Gasteiger partial charge in [-0.25, -0.2) is 9.59 Å². The monoisotopic (exact) mass is 805 g/mol. The van der Waals surface area contributed by atoms with E-state index in [-0.39, 0.29) is 71.5 Å². The van der Waals surface area contributed by atoms with E-state index in [1.165, 1.54) is 24.3 Å². The van der Waals surface area contributed by atoms with E-state index in [1.807, 2.05) is 31.2 Å². The van der Waals surface area contributed by atoms with Crippen LogP contribution in [-0.2, 0) is 14.3 Å². The number of alkyl carbamates (subject to hydrolysis) is 2. The lowest BCUT2D eigenvalue weighted by Crippen LogP contribution is -2.49. The summed E-state index contributed by atoms with van der Waals surface area (Å²) in [6.07, 6.45) is 0.657. The zero-order valence-corrected chi connectivity index (χ0v) is 33.7. The molecule has 0 fully saturated rings. The average Bonchev–Trinajstić information content (AvgIpc) is 3.52. The van der Waals surface area contributed by atoms with Gasteiger partial charge >= 0.3 is 12.2 Å².